The van der Waals surface area contributed by atoms with Gasteiger partial charge in [-0.25, -0.2) is 0 Å². The molecule has 0 aromatic rings. The van der Waals surface area contributed by atoms with Crippen LogP contribution in [0.5, 0.6) is 0 Å². The Morgan fingerprint density at radius 2 is 1.72 bits per heavy atom. The zero-order valence-corrected chi connectivity index (χ0v) is 12.3. The molecule has 0 saturated heterocycles. The molecule has 0 N–H and O–H groups in total. The Kier molecular flexibility index (Phi) is 10.2. The maximum atomic E-state index is 11.4. The first kappa shape index (κ1) is 17.5. The minimum absolute atomic E-state index is 0.0120. The Labute approximate surface area is 118 Å². The molecule has 18 heavy (non-hydrogen) atoms. The number of halogens is 2. The van der Waals surface area contributed by atoms with Crippen LogP contribution in [-0.2, 0) is 19.1 Å². The maximum Gasteiger partial charge on any atom is 0.306 e. The SMILES string of the molecule is CCCC(CC)OC(=O)CCC(=O)OCC(Cl)Cl. The molecule has 0 heterocycles. The van der Waals surface area contributed by atoms with E-state index in [0.717, 1.165) is 19.3 Å². The van der Waals surface area contributed by atoms with Gasteiger partial charge in [-0.1, -0.05) is 20.3 Å². The molecule has 1 atom stereocenters. The highest BCUT2D eigenvalue weighted by Crippen LogP contribution is 2.09. The van der Waals surface area contributed by atoms with Crippen molar-refractivity contribution in [1.82, 2.24) is 0 Å². The largest absolute Gasteiger partial charge is 0.463 e. The molecule has 0 aliphatic carbocycles. The zero-order chi connectivity index (χ0) is 14.0. The van der Waals surface area contributed by atoms with E-state index in [2.05, 4.69) is 0 Å². The standard InChI is InChI=1S/C12H20Cl2O4/c1-3-5-9(4-2)18-12(16)7-6-11(15)17-8-10(13)14/h9-10H,3-8H2,1-2H3. The summed E-state index contributed by atoms with van der Waals surface area (Å²) < 4.78 is 9.94. The van der Waals surface area contributed by atoms with E-state index in [0.29, 0.717) is 0 Å². The normalized spacial score (nSPS) is 12.3. The van der Waals surface area contributed by atoms with Crippen LogP contribution in [0.1, 0.15) is 46.0 Å². The quantitative estimate of drug-likeness (QED) is 0.484. The summed E-state index contributed by atoms with van der Waals surface area (Å²) >= 11 is 10.8. The van der Waals surface area contributed by atoms with Crippen LogP contribution in [0, 0.1) is 0 Å². The minimum atomic E-state index is -0.741. The predicted molar refractivity (Wildman–Crippen MR) is 70.8 cm³/mol. The van der Waals surface area contributed by atoms with Crippen LogP contribution in [0.2, 0.25) is 0 Å². The number of carbonyl (C=O) groups excluding carboxylic acids is 2. The number of esters is 2. The van der Waals surface area contributed by atoms with E-state index in [1.54, 1.807) is 0 Å². The molecule has 0 aliphatic rings. The van der Waals surface area contributed by atoms with Crippen molar-refractivity contribution in [2.75, 3.05) is 6.61 Å². The number of rotatable bonds is 9. The highest BCUT2D eigenvalue weighted by Gasteiger charge is 2.14. The molecule has 0 aromatic heterocycles. The molecule has 6 heteroatoms. The fourth-order valence-corrected chi connectivity index (χ4v) is 1.47. The van der Waals surface area contributed by atoms with E-state index >= 15 is 0 Å². The summed E-state index contributed by atoms with van der Waals surface area (Å²) in [5.41, 5.74) is 0. The fourth-order valence-electron chi connectivity index (χ4n) is 1.35. The van der Waals surface area contributed by atoms with Gasteiger partial charge in [0, 0.05) is 0 Å². The van der Waals surface area contributed by atoms with Crippen LogP contribution in [0.15, 0.2) is 0 Å². The van der Waals surface area contributed by atoms with Crippen LogP contribution in [0.3, 0.4) is 0 Å². The van der Waals surface area contributed by atoms with E-state index in [1.807, 2.05) is 13.8 Å². The van der Waals surface area contributed by atoms with Crippen molar-refractivity contribution in [3.63, 3.8) is 0 Å². The molecule has 0 radical (unpaired) electrons. The summed E-state index contributed by atoms with van der Waals surface area (Å²) in [6.07, 6.45) is 2.53. The van der Waals surface area contributed by atoms with Gasteiger partial charge in [-0.15, -0.1) is 23.2 Å². The Morgan fingerprint density at radius 1 is 1.11 bits per heavy atom. The van der Waals surface area contributed by atoms with E-state index in [9.17, 15) is 9.59 Å². The number of alkyl halides is 2. The lowest BCUT2D eigenvalue weighted by Gasteiger charge is -2.15. The number of carbonyl (C=O) groups is 2. The van der Waals surface area contributed by atoms with Gasteiger partial charge in [0.2, 0.25) is 0 Å². The van der Waals surface area contributed by atoms with Crippen LogP contribution in [-0.4, -0.2) is 29.5 Å². The lowest BCUT2D eigenvalue weighted by atomic mass is 10.1. The summed E-state index contributed by atoms with van der Waals surface area (Å²) in [5, 5.41) is 0. The number of ether oxygens (including phenoxy) is 2. The lowest BCUT2D eigenvalue weighted by molar-refractivity contribution is -0.153. The lowest BCUT2D eigenvalue weighted by Crippen LogP contribution is -2.18. The molecule has 0 aromatic carbocycles. The Balaban J connectivity index is 3.78. The van der Waals surface area contributed by atoms with E-state index in [1.165, 1.54) is 0 Å². The molecule has 0 aliphatic heterocycles. The highest BCUT2D eigenvalue weighted by molar-refractivity contribution is 6.44. The third-order valence-electron chi connectivity index (χ3n) is 2.27. The second kappa shape index (κ2) is 10.4. The molecule has 0 fully saturated rings. The molecule has 1 unspecified atom stereocenters. The second-order valence-electron chi connectivity index (χ2n) is 3.88. The second-order valence-corrected chi connectivity index (χ2v) is 5.16. The van der Waals surface area contributed by atoms with Crippen LogP contribution in [0.4, 0.5) is 0 Å². The molecule has 0 amide bonds. The van der Waals surface area contributed by atoms with Gasteiger partial charge in [0.25, 0.3) is 0 Å². The summed E-state index contributed by atoms with van der Waals surface area (Å²) in [6, 6.07) is 0. The molecular weight excluding hydrogens is 279 g/mol. The summed E-state index contributed by atoms with van der Waals surface area (Å²) in [7, 11) is 0. The highest BCUT2D eigenvalue weighted by atomic mass is 35.5. The van der Waals surface area contributed by atoms with Crippen molar-refractivity contribution >= 4 is 35.1 Å². The van der Waals surface area contributed by atoms with Crippen molar-refractivity contribution in [3.05, 3.63) is 0 Å². The van der Waals surface area contributed by atoms with Gasteiger partial charge in [-0.3, -0.25) is 9.59 Å². The van der Waals surface area contributed by atoms with Gasteiger partial charge in [0.1, 0.15) is 17.5 Å². The third kappa shape index (κ3) is 9.54. The average Bonchev–Trinajstić information content (AvgIpc) is 2.33. The molecule has 0 rings (SSSR count). The van der Waals surface area contributed by atoms with Gasteiger partial charge >= 0.3 is 11.9 Å². The fraction of sp³-hybridized carbons (Fsp3) is 0.833. The van der Waals surface area contributed by atoms with Gasteiger partial charge in [-0.05, 0) is 12.8 Å². The monoisotopic (exact) mass is 298 g/mol. The van der Waals surface area contributed by atoms with Crippen molar-refractivity contribution in [2.24, 2.45) is 0 Å². The van der Waals surface area contributed by atoms with Crippen molar-refractivity contribution in [3.8, 4) is 0 Å². The average molecular weight is 299 g/mol. The number of hydrogen-bond donors (Lipinski definition) is 0. The first-order valence-corrected chi connectivity index (χ1v) is 7.00. The van der Waals surface area contributed by atoms with Crippen molar-refractivity contribution in [2.45, 2.75) is 56.9 Å². The van der Waals surface area contributed by atoms with Gasteiger partial charge in [0.15, 0.2) is 0 Å². The van der Waals surface area contributed by atoms with Crippen LogP contribution >= 0.6 is 23.2 Å². The Bertz CT molecular complexity index is 256. The van der Waals surface area contributed by atoms with E-state index < -0.39 is 10.8 Å². The molecule has 106 valence electrons. The van der Waals surface area contributed by atoms with E-state index in [4.69, 9.17) is 32.7 Å². The molecule has 0 spiro atoms. The number of hydrogen-bond acceptors (Lipinski definition) is 4. The predicted octanol–water partition coefficient (Wildman–Crippen LogP) is 3.24. The van der Waals surface area contributed by atoms with Crippen LogP contribution < -0.4 is 0 Å². The topological polar surface area (TPSA) is 52.6 Å². The zero-order valence-electron chi connectivity index (χ0n) is 10.8. The minimum Gasteiger partial charge on any atom is -0.463 e. The molecule has 0 saturated carbocycles. The molecule has 4 nitrogen and oxygen atoms in total. The Hall–Kier alpha value is -0.480. The summed E-state index contributed by atoms with van der Waals surface area (Å²) in [6.45, 7) is 3.93. The smallest absolute Gasteiger partial charge is 0.306 e. The van der Waals surface area contributed by atoms with Crippen LogP contribution in [0.25, 0.3) is 0 Å². The first-order valence-electron chi connectivity index (χ1n) is 6.12. The van der Waals surface area contributed by atoms with Crippen molar-refractivity contribution < 1.29 is 19.1 Å². The summed E-state index contributed by atoms with van der Waals surface area (Å²) in [4.78, 5) is 21.9. The maximum absolute atomic E-state index is 11.4. The van der Waals surface area contributed by atoms with Gasteiger partial charge in [-0.2, -0.15) is 0 Å². The van der Waals surface area contributed by atoms with Gasteiger partial charge < -0.3 is 9.47 Å². The van der Waals surface area contributed by atoms with E-state index in [-0.39, 0.29) is 31.5 Å². The molecule has 0 bridgehead atoms. The molecular formula is C12H20Cl2O4. The Morgan fingerprint density at radius 3 is 2.22 bits per heavy atom. The first-order chi connectivity index (χ1) is 8.49. The van der Waals surface area contributed by atoms with Gasteiger partial charge in [0.05, 0.1) is 12.8 Å². The third-order valence-corrected chi connectivity index (χ3v) is 2.52. The summed E-state index contributed by atoms with van der Waals surface area (Å²) in [5.74, 6) is -0.873. The van der Waals surface area contributed by atoms with Crippen molar-refractivity contribution in [1.29, 1.82) is 0 Å².